The van der Waals surface area contributed by atoms with Gasteiger partial charge in [-0.25, -0.2) is 0 Å². The predicted molar refractivity (Wildman–Crippen MR) is 184 cm³/mol. The van der Waals surface area contributed by atoms with Gasteiger partial charge < -0.3 is 20.0 Å². The molecule has 0 aliphatic carbocycles. The minimum atomic E-state index is -0.0345. The molecule has 4 heterocycles. The van der Waals surface area contributed by atoms with Gasteiger partial charge >= 0.3 is 0 Å². The number of aromatic amines is 2. The number of hydrogen-bond donors (Lipinski definition) is 3. The Morgan fingerprint density at radius 1 is 0.761 bits per heavy atom. The van der Waals surface area contributed by atoms with Crippen LogP contribution in [0.2, 0.25) is 0 Å². The van der Waals surface area contributed by atoms with Gasteiger partial charge in [-0.15, -0.1) is 0 Å². The van der Waals surface area contributed by atoms with Crippen molar-refractivity contribution in [1.29, 1.82) is 5.26 Å². The molecule has 6 heteroatoms. The third-order valence-corrected chi connectivity index (χ3v) is 10.4. The third-order valence-electron chi connectivity index (χ3n) is 10.4. The van der Waals surface area contributed by atoms with Gasteiger partial charge in [-0.3, -0.25) is 4.90 Å². The Kier molecular flexibility index (Phi) is 7.36. The maximum absolute atomic E-state index is 9.43. The van der Waals surface area contributed by atoms with E-state index in [9.17, 15) is 5.26 Å². The van der Waals surface area contributed by atoms with Crippen molar-refractivity contribution < 1.29 is 4.74 Å². The molecular weight excluding hydrogens is 566 g/mol. The Morgan fingerprint density at radius 3 is 2.41 bits per heavy atom. The van der Waals surface area contributed by atoms with Crippen LogP contribution >= 0.6 is 0 Å². The molecule has 230 valence electrons. The standard InChI is InChI=1S/C40H39N5O/c41-25-35-22-32-21-34(10-12-38(32)44-35)40(23-29-5-2-1-3-6-29)15-18-45(27-40)28-46-36-8-4-7-30(19-36)24-39(14-17-42-26-39)33-9-11-37-31(20-33)13-16-43-37/h1-13,16,19-22,42-44H,14-15,17-18,23-24,26-28H2. The van der Waals surface area contributed by atoms with Crippen molar-refractivity contribution in [2.45, 2.75) is 36.5 Å². The molecule has 4 aromatic carbocycles. The van der Waals surface area contributed by atoms with Crippen LogP contribution in [-0.2, 0) is 23.7 Å². The van der Waals surface area contributed by atoms with Crippen LogP contribution in [0.1, 0.15) is 40.8 Å². The fraction of sp³-hybridized carbons (Fsp3) is 0.275. The van der Waals surface area contributed by atoms with Gasteiger partial charge in [-0.05, 0) is 108 Å². The smallest absolute Gasteiger partial charge is 0.142 e. The first-order valence-electron chi connectivity index (χ1n) is 16.4. The molecule has 3 N–H and O–H groups in total. The summed E-state index contributed by atoms with van der Waals surface area (Å²) in [6.45, 7) is 4.47. The number of likely N-dealkylation sites (tertiary alicyclic amines) is 1. The second kappa shape index (κ2) is 11.8. The second-order valence-corrected chi connectivity index (χ2v) is 13.4. The summed E-state index contributed by atoms with van der Waals surface area (Å²) < 4.78 is 6.51. The highest BCUT2D eigenvalue weighted by Crippen LogP contribution is 2.40. The number of nitrogens with one attached hydrogen (secondary N) is 3. The van der Waals surface area contributed by atoms with Gasteiger partial charge in [-0.2, -0.15) is 5.26 Å². The quantitative estimate of drug-likeness (QED) is 0.163. The Hall–Kier alpha value is -4.83. The van der Waals surface area contributed by atoms with Crippen molar-refractivity contribution in [3.05, 3.63) is 137 Å². The van der Waals surface area contributed by atoms with Crippen LogP contribution in [0.25, 0.3) is 21.8 Å². The van der Waals surface area contributed by atoms with E-state index in [4.69, 9.17) is 4.74 Å². The minimum Gasteiger partial charge on any atom is -0.478 e. The summed E-state index contributed by atoms with van der Waals surface area (Å²) in [4.78, 5) is 9.00. The zero-order chi connectivity index (χ0) is 31.0. The molecule has 6 nitrogen and oxygen atoms in total. The summed E-state index contributed by atoms with van der Waals surface area (Å²) in [6.07, 6.45) is 6.13. The highest BCUT2D eigenvalue weighted by Gasteiger charge is 2.40. The molecule has 6 aromatic rings. The Balaban J connectivity index is 0.999. The average Bonchev–Trinajstić information content (AvgIpc) is 3.90. The van der Waals surface area contributed by atoms with Crippen LogP contribution in [-0.4, -0.2) is 47.8 Å². The Labute approximate surface area is 270 Å². The molecular formula is C40H39N5O. The van der Waals surface area contributed by atoms with E-state index >= 15 is 0 Å². The van der Waals surface area contributed by atoms with Gasteiger partial charge in [0.1, 0.15) is 24.2 Å². The molecule has 2 unspecified atom stereocenters. The van der Waals surface area contributed by atoms with Gasteiger partial charge in [0.15, 0.2) is 0 Å². The summed E-state index contributed by atoms with van der Waals surface area (Å²) >= 11 is 0. The normalized spacial score (nSPS) is 21.6. The van der Waals surface area contributed by atoms with E-state index in [0.717, 1.165) is 68.5 Å². The van der Waals surface area contributed by atoms with Gasteiger partial charge in [0, 0.05) is 53.1 Å². The first-order chi connectivity index (χ1) is 22.6. The van der Waals surface area contributed by atoms with Crippen molar-refractivity contribution in [3.8, 4) is 11.8 Å². The summed E-state index contributed by atoms with van der Waals surface area (Å²) in [7, 11) is 0. The van der Waals surface area contributed by atoms with Crippen molar-refractivity contribution in [1.82, 2.24) is 20.2 Å². The van der Waals surface area contributed by atoms with Crippen molar-refractivity contribution in [2.24, 2.45) is 0 Å². The van der Waals surface area contributed by atoms with E-state index in [0.29, 0.717) is 12.4 Å². The maximum atomic E-state index is 9.43. The number of H-pyrrole nitrogens is 2. The van der Waals surface area contributed by atoms with Gasteiger partial charge in [0.25, 0.3) is 0 Å². The third kappa shape index (κ3) is 5.47. The minimum absolute atomic E-state index is 0.0345. The lowest BCUT2D eigenvalue weighted by atomic mass is 9.74. The summed E-state index contributed by atoms with van der Waals surface area (Å²) in [5.74, 6) is 0.929. The molecule has 2 atom stereocenters. The van der Waals surface area contributed by atoms with Crippen LogP contribution in [0.15, 0.2) is 109 Å². The first kappa shape index (κ1) is 28.6. The molecule has 0 radical (unpaired) electrons. The topological polar surface area (TPSA) is 79.9 Å². The lowest BCUT2D eigenvalue weighted by molar-refractivity contribution is 0.144. The number of rotatable bonds is 9. The molecule has 2 aliphatic heterocycles. The lowest BCUT2D eigenvalue weighted by Crippen LogP contribution is -2.35. The number of benzene rings is 4. The van der Waals surface area contributed by atoms with Crippen LogP contribution in [0.4, 0.5) is 0 Å². The molecule has 0 spiro atoms. The zero-order valence-electron chi connectivity index (χ0n) is 26.1. The highest BCUT2D eigenvalue weighted by atomic mass is 16.5. The van der Waals surface area contributed by atoms with E-state index in [2.05, 4.69) is 123 Å². The number of aromatic nitrogens is 2. The molecule has 0 bridgehead atoms. The SMILES string of the molecule is N#Cc1cc2cc(C3(Cc4ccccc4)CCN(COc4cccc(CC5(c6ccc7[nH]ccc7c6)CCNC5)c4)C3)ccc2[nH]1. The molecule has 0 amide bonds. The Bertz CT molecular complexity index is 2030. The molecule has 2 aliphatic rings. The summed E-state index contributed by atoms with van der Waals surface area (Å²) in [5, 5.41) is 15.4. The molecule has 0 saturated carbocycles. The molecule has 8 rings (SSSR count). The number of hydrogen-bond acceptors (Lipinski definition) is 4. The highest BCUT2D eigenvalue weighted by molar-refractivity contribution is 5.82. The van der Waals surface area contributed by atoms with E-state index < -0.39 is 0 Å². The average molecular weight is 606 g/mol. The maximum Gasteiger partial charge on any atom is 0.142 e. The van der Waals surface area contributed by atoms with Crippen molar-refractivity contribution >= 4 is 21.8 Å². The molecule has 46 heavy (non-hydrogen) atoms. The fourth-order valence-corrected chi connectivity index (χ4v) is 7.99. The molecule has 2 aromatic heterocycles. The number of fused-ring (bicyclic) bond motifs is 2. The number of ether oxygens (including phenoxy) is 1. The van der Waals surface area contributed by atoms with E-state index in [1.54, 1.807) is 0 Å². The van der Waals surface area contributed by atoms with E-state index in [-0.39, 0.29) is 10.8 Å². The fourth-order valence-electron chi connectivity index (χ4n) is 7.99. The van der Waals surface area contributed by atoms with E-state index in [1.165, 1.54) is 33.2 Å². The monoisotopic (exact) mass is 605 g/mol. The van der Waals surface area contributed by atoms with Gasteiger partial charge in [0.05, 0.1) is 0 Å². The van der Waals surface area contributed by atoms with Crippen LogP contribution in [0.5, 0.6) is 5.75 Å². The van der Waals surface area contributed by atoms with Crippen molar-refractivity contribution in [3.63, 3.8) is 0 Å². The van der Waals surface area contributed by atoms with Crippen LogP contribution < -0.4 is 10.1 Å². The lowest BCUT2D eigenvalue weighted by Gasteiger charge is -2.31. The molecule has 2 saturated heterocycles. The van der Waals surface area contributed by atoms with Crippen LogP contribution in [0, 0.1) is 11.3 Å². The Morgan fingerprint density at radius 2 is 1.57 bits per heavy atom. The summed E-state index contributed by atoms with van der Waals surface area (Å²) in [6, 6.07) is 39.5. The first-order valence-corrected chi connectivity index (χ1v) is 16.4. The number of nitriles is 1. The second-order valence-electron chi connectivity index (χ2n) is 13.4. The van der Waals surface area contributed by atoms with Gasteiger partial charge in [-0.1, -0.05) is 54.6 Å². The zero-order valence-corrected chi connectivity index (χ0v) is 26.1. The number of nitrogens with zero attached hydrogens (tertiary/aromatic N) is 2. The van der Waals surface area contributed by atoms with Crippen molar-refractivity contribution in [2.75, 3.05) is 32.9 Å². The molecule has 2 fully saturated rings. The predicted octanol–water partition coefficient (Wildman–Crippen LogP) is 7.22. The largest absolute Gasteiger partial charge is 0.478 e. The summed E-state index contributed by atoms with van der Waals surface area (Å²) in [5.41, 5.74) is 8.22. The van der Waals surface area contributed by atoms with Gasteiger partial charge in [0.2, 0.25) is 0 Å². The van der Waals surface area contributed by atoms with Crippen LogP contribution in [0.3, 0.4) is 0 Å². The van der Waals surface area contributed by atoms with E-state index in [1.807, 2.05) is 12.3 Å².